The van der Waals surface area contributed by atoms with Gasteiger partial charge in [0.05, 0.1) is 6.61 Å². The summed E-state index contributed by atoms with van der Waals surface area (Å²) in [7, 11) is 0. The van der Waals surface area contributed by atoms with Gasteiger partial charge >= 0.3 is 5.97 Å². The zero-order chi connectivity index (χ0) is 19.1. The van der Waals surface area contributed by atoms with Gasteiger partial charge in [0.15, 0.2) is 0 Å². The van der Waals surface area contributed by atoms with Gasteiger partial charge in [-0.05, 0) is 55.5 Å². The highest BCUT2D eigenvalue weighted by molar-refractivity contribution is 6.03. The summed E-state index contributed by atoms with van der Waals surface area (Å²) in [6.07, 6.45) is 0. The van der Waals surface area contributed by atoms with Gasteiger partial charge in [0.2, 0.25) is 0 Å². The van der Waals surface area contributed by atoms with Crippen molar-refractivity contribution in [1.29, 1.82) is 0 Å². The van der Waals surface area contributed by atoms with E-state index in [1.54, 1.807) is 31.2 Å². The van der Waals surface area contributed by atoms with Crippen LogP contribution in [0.15, 0.2) is 72.8 Å². The molecule has 0 saturated heterocycles. The Hall–Kier alpha value is -3.67. The minimum absolute atomic E-state index is 0.104. The summed E-state index contributed by atoms with van der Waals surface area (Å²) in [4.78, 5) is 28.2. The zero-order valence-electron chi connectivity index (χ0n) is 14.8. The predicted molar refractivity (Wildman–Crippen MR) is 104 cm³/mol. The smallest absolute Gasteiger partial charge is 0.356 e. The number of hydrogen-bond acceptors (Lipinski definition) is 5. The Bertz CT molecular complexity index is 925. The minimum atomic E-state index is -0.552. The van der Waals surface area contributed by atoms with E-state index in [0.29, 0.717) is 5.69 Å². The molecule has 2 aromatic carbocycles. The first-order valence-corrected chi connectivity index (χ1v) is 8.53. The number of carbonyl (C=O) groups excluding carboxylic acids is 2. The van der Waals surface area contributed by atoms with Gasteiger partial charge in [0.25, 0.3) is 5.91 Å². The van der Waals surface area contributed by atoms with E-state index in [1.807, 2.05) is 42.5 Å². The fraction of sp³-hybridized carbons (Fsp3) is 0.0952. The summed E-state index contributed by atoms with van der Waals surface area (Å²) in [6, 6.07) is 21.8. The maximum Gasteiger partial charge on any atom is 0.356 e. The van der Waals surface area contributed by atoms with Gasteiger partial charge in [-0.1, -0.05) is 24.3 Å². The van der Waals surface area contributed by atoms with Gasteiger partial charge in [-0.25, -0.2) is 9.78 Å². The molecule has 3 rings (SSSR count). The molecule has 0 fully saturated rings. The van der Waals surface area contributed by atoms with E-state index >= 15 is 0 Å². The standard InChI is InChI=1S/C21H19N3O3/c1-2-27-21(26)19-10-6-9-18(24-19)20(25)23-17-13-11-16(12-14-17)22-15-7-4-3-5-8-15/h3-14,22H,2H2,1H3,(H,23,25). The third-order valence-electron chi connectivity index (χ3n) is 3.67. The first-order valence-electron chi connectivity index (χ1n) is 8.53. The number of amides is 1. The van der Waals surface area contributed by atoms with Crippen molar-refractivity contribution in [2.24, 2.45) is 0 Å². The van der Waals surface area contributed by atoms with Gasteiger partial charge < -0.3 is 15.4 Å². The zero-order valence-corrected chi connectivity index (χ0v) is 14.8. The van der Waals surface area contributed by atoms with Crippen LogP contribution in [-0.4, -0.2) is 23.5 Å². The van der Waals surface area contributed by atoms with E-state index < -0.39 is 11.9 Å². The average molecular weight is 361 g/mol. The van der Waals surface area contributed by atoms with Crippen molar-refractivity contribution >= 4 is 28.9 Å². The molecule has 6 heteroatoms. The lowest BCUT2D eigenvalue weighted by atomic mass is 10.2. The number of ether oxygens (including phenoxy) is 1. The molecule has 1 aromatic heterocycles. The Morgan fingerprint density at radius 3 is 2.15 bits per heavy atom. The number of carbonyl (C=O) groups is 2. The second kappa shape index (κ2) is 8.62. The molecule has 1 amide bonds. The monoisotopic (exact) mass is 361 g/mol. The Labute approximate surface area is 157 Å². The molecule has 27 heavy (non-hydrogen) atoms. The number of rotatable bonds is 6. The largest absolute Gasteiger partial charge is 0.461 e. The SMILES string of the molecule is CCOC(=O)c1cccc(C(=O)Nc2ccc(Nc3ccccc3)cc2)n1. The number of hydrogen-bond donors (Lipinski definition) is 2. The number of anilines is 3. The first-order chi connectivity index (χ1) is 13.2. The van der Waals surface area contributed by atoms with Crippen LogP contribution in [0, 0.1) is 0 Å². The number of nitrogens with zero attached hydrogens (tertiary/aromatic N) is 1. The fourth-order valence-electron chi connectivity index (χ4n) is 2.40. The Kier molecular flexibility index (Phi) is 5.79. The number of aromatic nitrogens is 1. The highest BCUT2D eigenvalue weighted by Gasteiger charge is 2.13. The summed E-state index contributed by atoms with van der Waals surface area (Å²) >= 11 is 0. The molecule has 0 unspecified atom stereocenters. The van der Waals surface area contributed by atoms with Crippen LogP contribution in [0.4, 0.5) is 17.1 Å². The lowest BCUT2D eigenvalue weighted by molar-refractivity contribution is 0.0519. The Balaban J connectivity index is 1.66. The molecule has 3 aromatic rings. The third kappa shape index (κ3) is 4.92. The summed E-state index contributed by atoms with van der Waals surface area (Å²) < 4.78 is 4.90. The fourth-order valence-corrected chi connectivity index (χ4v) is 2.40. The van der Waals surface area contributed by atoms with Gasteiger partial charge in [0, 0.05) is 17.1 Å². The summed E-state index contributed by atoms with van der Waals surface area (Å²) in [5.74, 6) is -0.951. The second-order valence-electron chi connectivity index (χ2n) is 5.65. The molecular formula is C21H19N3O3. The first kappa shape index (κ1) is 18.1. The molecule has 1 heterocycles. The average Bonchev–Trinajstić information content (AvgIpc) is 2.70. The van der Waals surface area contributed by atoms with Crippen molar-refractivity contribution in [3.63, 3.8) is 0 Å². The van der Waals surface area contributed by atoms with Crippen LogP contribution in [-0.2, 0) is 4.74 Å². The third-order valence-corrected chi connectivity index (χ3v) is 3.67. The minimum Gasteiger partial charge on any atom is -0.461 e. The van der Waals surface area contributed by atoms with Gasteiger partial charge in [-0.3, -0.25) is 4.79 Å². The van der Waals surface area contributed by atoms with E-state index in [1.165, 1.54) is 6.07 Å². The van der Waals surface area contributed by atoms with Crippen LogP contribution in [0.2, 0.25) is 0 Å². The maximum atomic E-state index is 12.4. The lowest BCUT2D eigenvalue weighted by Crippen LogP contribution is -2.16. The quantitative estimate of drug-likeness (QED) is 0.642. The molecular weight excluding hydrogens is 342 g/mol. The lowest BCUT2D eigenvalue weighted by Gasteiger charge is -2.09. The predicted octanol–water partition coefficient (Wildman–Crippen LogP) is 4.25. The van der Waals surface area contributed by atoms with Crippen molar-refractivity contribution < 1.29 is 14.3 Å². The number of esters is 1. The number of pyridine rings is 1. The summed E-state index contributed by atoms with van der Waals surface area (Å²) in [5.41, 5.74) is 2.76. The molecule has 2 N–H and O–H groups in total. The molecule has 0 aliphatic heterocycles. The number of para-hydroxylation sites is 1. The molecule has 6 nitrogen and oxygen atoms in total. The van der Waals surface area contributed by atoms with E-state index in [2.05, 4.69) is 15.6 Å². The van der Waals surface area contributed by atoms with Gasteiger partial charge in [-0.2, -0.15) is 0 Å². The maximum absolute atomic E-state index is 12.4. The van der Waals surface area contributed by atoms with Crippen molar-refractivity contribution in [2.45, 2.75) is 6.92 Å². The molecule has 136 valence electrons. The molecule has 0 atom stereocenters. The number of nitrogens with one attached hydrogen (secondary N) is 2. The normalized spacial score (nSPS) is 10.1. The molecule has 0 radical (unpaired) electrons. The van der Waals surface area contributed by atoms with Crippen molar-refractivity contribution in [3.8, 4) is 0 Å². The molecule has 0 aliphatic rings. The van der Waals surface area contributed by atoms with E-state index in [-0.39, 0.29) is 18.0 Å². The van der Waals surface area contributed by atoms with Crippen LogP contribution < -0.4 is 10.6 Å². The highest BCUT2D eigenvalue weighted by atomic mass is 16.5. The topological polar surface area (TPSA) is 80.3 Å². The Morgan fingerprint density at radius 2 is 1.44 bits per heavy atom. The summed E-state index contributed by atoms with van der Waals surface area (Å²) in [6.45, 7) is 1.96. The van der Waals surface area contributed by atoms with Crippen LogP contribution in [0.3, 0.4) is 0 Å². The van der Waals surface area contributed by atoms with E-state index in [0.717, 1.165) is 11.4 Å². The van der Waals surface area contributed by atoms with Crippen LogP contribution in [0.5, 0.6) is 0 Å². The summed E-state index contributed by atoms with van der Waals surface area (Å²) in [5, 5.41) is 6.04. The van der Waals surface area contributed by atoms with Crippen LogP contribution in [0.1, 0.15) is 27.9 Å². The van der Waals surface area contributed by atoms with Crippen LogP contribution >= 0.6 is 0 Å². The molecule has 0 saturated carbocycles. The van der Waals surface area contributed by atoms with Crippen LogP contribution in [0.25, 0.3) is 0 Å². The molecule has 0 spiro atoms. The Morgan fingerprint density at radius 1 is 0.815 bits per heavy atom. The molecule has 0 aliphatic carbocycles. The van der Waals surface area contributed by atoms with E-state index in [9.17, 15) is 9.59 Å². The number of benzene rings is 2. The van der Waals surface area contributed by atoms with Crippen molar-refractivity contribution in [1.82, 2.24) is 4.98 Å². The van der Waals surface area contributed by atoms with Gasteiger partial charge in [0.1, 0.15) is 11.4 Å². The highest BCUT2D eigenvalue weighted by Crippen LogP contribution is 2.19. The van der Waals surface area contributed by atoms with Crippen molar-refractivity contribution in [3.05, 3.63) is 84.2 Å². The van der Waals surface area contributed by atoms with Gasteiger partial charge in [-0.15, -0.1) is 0 Å². The van der Waals surface area contributed by atoms with E-state index in [4.69, 9.17) is 4.74 Å². The molecule has 0 bridgehead atoms. The second-order valence-corrected chi connectivity index (χ2v) is 5.65. The van der Waals surface area contributed by atoms with Crippen molar-refractivity contribution in [2.75, 3.05) is 17.2 Å².